The van der Waals surface area contributed by atoms with E-state index in [1.54, 1.807) is 17.1 Å². The number of carbonyl (C=O) groups excluding carboxylic acids is 3. The third-order valence-electron chi connectivity index (χ3n) is 12.3. The van der Waals surface area contributed by atoms with Crippen LogP contribution in [-0.2, 0) is 28.6 Å². The first-order valence-corrected chi connectivity index (χ1v) is 15.1. The molecule has 1 spiro atoms. The van der Waals surface area contributed by atoms with Crippen molar-refractivity contribution in [2.24, 2.45) is 40.4 Å². The molecule has 4 fully saturated rings. The van der Waals surface area contributed by atoms with Gasteiger partial charge in [-0.05, 0) is 107 Å². The minimum Gasteiger partial charge on any atom is -0.458 e. The number of aliphatic hydroxyl groups excluding tert-OH is 1. The van der Waals surface area contributed by atoms with Crippen molar-refractivity contribution in [3.8, 4) is 0 Å². The van der Waals surface area contributed by atoms with Crippen LogP contribution >= 0.6 is 0 Å². The molecule has 0 aromatic heterocycles. The van der Waals surface area contributed by atoms with E-state index >= 15 is 0 Å². The van der Waals surface area contributed by atoms with Gasteiger partial charge in [-0.25, -0.2) is 4.79 Å². The summed E-state index contributed by atoms with van der Waals surface area (Å²) < 4.78 is 18.3. The lowest BCUT2D eigenvalue weighted by Gasteiger charge is -2.58. The van der Waals surface area contributed by atoms with Gasteiger partial charge in [0.25, 0.3) is 0 Å². The molecule has 0 aromatic rings. The van der Waals surface area contributed by atoms with E-state index in [0.717, 1.165) is 37.7 Å². The molecule has 40 heavy (non-hydrogen) atoms. The van der Waals surface area contributed by atoms with Gasteiger partial charge in [0.1, 0.15) is 11.7 Å². The summed E-state index contributed by atoms with van der Waals surface area (Å²) in [6.07, 6.45) is 8.30. The van der Waals surface area contributed by atoms with Gasteiger partial charge in [0.15, 0.2) is 11.9 Å². The first-order chi connectivity index (χ1) is 18.9. The average molecular weight is 556 g/mol. The summed E-state index contributed by atoms with van der Waals surface area (Å²) in [5.41, 5.74) is -0.0414. The largest absolute Gasteiger partial charge is 0.458 e. The van der Waals surface area contributed by atoms with Crippen molar-refractivity contribution in [3.05, 3.63) is 23.3 Å². The van der Waals surface area contributed by atoms with Gasteiger partial charge in [-0.3, -0.25) is 14.5 Å². The Balaban J connectivity index is 1.24. The molecule has 8 nitrogen and oxygen atoms in total. The molecule has 4 aliphatic carbocycles. The number of cyclic esters (lactones) is 1. The second-order valence-corrected chi connectivity index (χ2v) is 14.2. The van der Waals surface area contributed by atoms with Gasteiger partial charge < -0.3 is 19.3 Å². The van der Waals surface area contributed by atoms with Gasteiger partial charge in [-0.1, -0.05) is 19.4 Å². The van der Waals surface area contributed by atoms with Crippen molar-refractivity contribution in [1.29, 1.82) is 0 Å². The van der Waals surface area contributed by atoms with Crippen molar-refractivity contribution >= 4 is 17.7 Å². The molecule has 11 unspecified atom stereocenters. The fourth-order valence-electron chi connectivity index (χ4n) is 10.2. The summed E-state index contributed by atoms with van der Waals surface area (Å²) in [5.74, 6) is 1.07. The molecular weight excluding hydrogens is 510 g/mol. The van der Waals surface area contributed by atoms with E-state index < -0.39 is 17.1 Å². The zero-order chi connectivity index (χ0) is 28.8. The highest BCUT2D eigenvalue weighted by atomic mass is 16.7. The number of ether oxygens (including phenoxy) is 3. The van der Waals surface area contributed by atoms with E-state index in [1.807, 2.05) is 21.0 Å². The minimum atomic E-state index is -0.758. The predicted octanol–water partition coefficient (Wildman–Crippen LogP) is 3.47. The van der Waals surface area contributed by atoms with Crippen LogP contribution in [0.4, 0.5) is 0 Å². The van der Waals surface area contributed by atoms with Crippen LogP contribution in [-0.4, -0.2) is 78.9 Å². The van der Waals surface area contributed by atoms with Crippen molar-refractivity contribution in [2.75, 3.05) is 27.2 Å². The quantitative estimate of drug-likeness (QED) is 0.392. The molecule has 1 N–H and O–H groups in total. The fourth-order valence-corrected chi connectivity index (χ4v) is 10.2. The average Bonchev–Trinajstić information content (AvgIpc) is 3.51. The molecule has 2 aliphatic heterocycles. The van der Waals surface area contributed by atoms with Gasteiger partial charge in [0.2, 0.25) is 0 Å². The monoisotopic (exact) mass is 555 g/mol. The number of nitrogens with zero attached hydrogens (tertiary/aromatic N) is 1. The third-order valence-corrected chi connectivity index (χ3v) is 12.3. The summed E-state index contributed by atoms with van der Waals surface area (Å²) in [4.78, 5) is 40.7. The van der Waals surface area contributed by atoms with E-state index in [9.17, 15) is 19.5 Å². The van der Waals surface area contributed by atoms with Crippen LogP contribution in [0.5, 0.6) is 0 Å². The second kappa shape index (κ2) is 9.50. The lowest BCUT2D eigenvalue weighted by Crippen LogP contribution is -2.64. The third kappa shape index (κ3) is 3.77. The molecule has 6 rings (SSSR count). The lowest BCUT2D eigenvalue weighted by atomic mass is 9.44. The minimum absolute atomic E-state index is 0.0902. The van der Waals surface area contributed by atoms with Crippen molar-refractivity contribution in [3.63, 3.8) is 0 Å². The SMILES string of the molecule is CC1=C(CO)C(=O)OC(C(C)C2CCC3C4CC5OC56C(OC(=O)CN(C)C)C=CC(=O)C6(C)C4CCC23C)C1. The molecule has 8 heteroatoms. The molecular formula is C32H45NO7. The summed E-state index contributed by atoms with van der Waals surface area (Å²) in [6, 6.07) is 0. The molecule has 1 saturated heterocycles. The zero-order valence-electron chi connectivity index (χ0n) is 24.8. The summed E-state index contributed by atoms with van der Waals surface area (Å²) in [6.45, 7) is 8.59. The number of carbonyl (C=O) groups is 3. The van der Waals surface area contributed by atoms with E-state index in [-0.39, 0.29) is 60.3 Å². The van der Waals surface area contributed by atoms with Gasteiger partial charge in [-0.15, -0.1) is 0 Å². The fraction of sp³-hybridized carbons (Fsp3) is 0.781. The van der Waals surface area contributed by atoms with Crippen molar-refractivity contribution < 1.29 is 33.7 Å². The number of epoxide rings is 1. The van der Waals surface area contributed by atoms with E-state index in [4.69, 9.17) is 14.2 Å². The van der Waals surface area contributed by atoms with Gasteiger partial charge >= 0.3 is 11.9 Å². The van der Waals surface area contributed by atoms with E-state index in [0.29, 0.717) is 29.7 Å². The maximum absolute atomic E-state index is 13.7. The first-order valence-electron chi connectivity index (χ1n) is 15.1. The standard InChI is InChI=1S/C32H45NO7/c1-17-13-24(38-29(37)20(17)16-34)18(2)21-7-8-22-19-14-27-32(40-27)26(39-28(36)15-33(5)6)10-9-25(35)31(32,4)23(19)11-12-30(21,22)3/h9-10,18-19,21-24,26-27,34H,7-8,11-16H2,1-6H3. The lowest BCUT2D eigenvalue weighted by molar-refractivity contribution is -0.167. The number of likely N-dealkylation sites (N-methyl/N-ethyl adjacent to an activating group) is 1. The predicted molar refractivity (Wildman–Crippen MR) is 147 cm³/mol. The highest BCUT2D eigenvalue weighted by Crippen LogP contribution is 2.73. The number of ketones is 1. The van der Waals surface area contributed by atoms with Crippen molar-refractivity contribution in [1.82, 2.24) is 4.90 Å². The smallest absolute Gasteiger partial charge is 0.336 e. The zero-order valence-corrected chi connectivity index (χ0v) is 24.8. The van der Waals surface area contributed by atoms with Crippen LogP contribution in [0, 0.1) is 40.4 Å². The van der Waals surface area contributed by atoms with E-state index in [1.165, 1.54) is 0 Å². The summed E-state index contributed by atoms with van der Waals surface area (Å²) in [7, 11) is 3.67. The summed E-state index contributed by atoms with van der Waals surface area (Å²) in [5, 5.41) is 9.59. The van der Waals surface area contributed by atoms with Gasteiger partial charge in [0.05, 0.1) is 30.2 Å². The Bertz CT molecular complexity index is 1180. The summed E-state index contributed by atoms with van der Waals surface area (Å²) >= 11 is 0. The number of fused-ring (bicyclic) bond motifs is 4. The number of hydrogen-bond donors (Lipinski definition) is 1. The Morgan fingerprint density at radius 1 is 1.20 bits per heavy atom. The number of rotatable bonds is 6. The molecule has 0 bridgehead atoms. The van der Waals surface area contributed by atoms with Crippen LogP contribution in [0.3, 0.4) is 0 Å². The molecule has 0 radical (unpaired) electrons. The Kier molecular flexibility index (Phi) is 6.67. The highest BCUT2D eigenvalue weighted by molar-refractivity contribution is 5.98. The van der Waals surface area contributed by atoms with Crippen LogP contribution in [0.1, 0.15) is 66.2 Å². The molecule has 0 aromatic carbocycles. The topological polar surface area (TPSA) is 106 Å². The van der Waals surface area contributed by atoms with Crippen LogP contribution in [0.15, 0.2) is 23.3 Å². The number of allylic oxidation sites excluding steroid dienone is 1. The molecule has 220 valence electrons. The molecule has 11 atom stereocenters. The van der Waals surface area contributed by atoms with E-state index in [2.05, 4.69) is 20.8 Å². The Labute approximate surface area is 237 Å². The number of hydrogen-bond acceptors (Lipinski definition) is 8. The molecule has 6 aliphatic rings. The van der Waals surface area contributed by atoms with Gasteiger partial charge in [-0.2, -0.15) is 0 Å². The van der Waals surface area contributed by atoms with Crippen LogP contribution < -0.4 is 0 Å². The molecule has 2 heterocycles. The number of esters is 2. The van der Waals surface area contributed by atoms with Crippen molar-refractivity contribution in [2.45, 2.75) is 90.1 Å². The molecule has 3 saturated carbocycles. The molecule has 0 amide bonds. The highest BCUT2D eigenvalue weighted by Gasteiger charge is 2.81. The Morgan fingerprint density at radius 2 is 1.95 bits per heavy atom. The van der Waals surface area contributed by atoms with Crippen LogP contribution in [0.2, 0.25) is 0 Å². The van der Waals surface area contributed by atoms with Gasteiger partial charge in [0, 0.05) is 6.42 Å². The maximum atomic E-state index is 13.7. The maximum Gasteiger partial charge on any atom is 0.336 e. The van der Waals surface area contributed by atoms with Crippen LogP contribution in [0.25, 0.3) is 0 Å². The number of aliphatic hydroxyl groups is 1. The normalized spacial score (nSPS) is 46.2. The Hall–Kier alpha value is -2.03. The Morgan fingerprint density at radius 3 is 2.62 bits per heavy atom. The first kappa shape index (κ1) is 28.1. The second-order valence-electron chi connectivity index (χ2n) is 14.2.